The standard InChI is InChI=1S/C11H14BrN3/c1-7-2-5-9(10(12)6-7)11(15-13)14-8-3-4-8/h2,5-6,8H,3-4,13H2,1H3,(H,14,15). The summed E-state index contributed by atoms with van der Waals surface area (Å²) < 4.78 is 1.03. The Kier molecular flexibility index (Phi) is 3.07. The summed E-state index contributed by atoms with van der Waals surface area (Å²) in [5.41, 5.74) is 4.91. The summed E-state index contributed by atoms with van der Waals surface area (Å²) >= 11 is 3.52. The van der Waals surface area contributed by atoms with Gasteiger partial charge >= 0.3 is 0 Å². The molecule has 1 aliphatic carbocycles. The SMILES string of the molecule is Cc1ccc(C(=NC2CC2)NN)c(Br)c1. The maximum Gasteiger partial charge on any atom is 0.143 e. The van der Waals surface area contributed by atoms with Crippen molar-refractivity contribution in [2.75, 3.05) is 0 Å². The number of hydrogen-bond acceptors (Lipinski definition) is 2. The molecule has 1 aromatic rings. The monoisotopic (exact) mass is 267 g/mol. The summed E-state index contributed by atoms with van der Waals surface area (Å²) in [5, 5.41) is 0. The van der Waals surface area contributed by atoms with Crippen molar-refractivity contribution in [3.05, 3.63) is 33.8 Å². The van der Waals surface area contributed by atoms with E-state index in [4.69, 9.17) is 5.84 Å². The minimum absolute atomic E-state index is 0.462. The number of hydrogen-bond donors (Lipinski definition) is 2. The average Bonchev–Trinajstić information content (AvgIpc) is 2.99. The topological polar surface area (TPSA) is 50.4 Å². The van der Waals surface area contributed by atoms with Gasteiger partial charge in [-0.3, -0.25) is 4.99 Å². The Morgan fingerprint density at radius 1 is 1.53 bits per heavy atom. The summed E-state index contributed by atoms with van der Waals surface area (Å²) in [5.74, 6) is 6.25. The second-order valence-electron chi connectivity index (χ2n) is 3.84. The summed E-state index contributed by atoms with van der Waals surface area (Å²) in [6.07, 6.45) is 2.35. The quantitative estimate of drug-likeness (QED) is 0.373. The summed E-state index contributed by atoms with van der Waals surface area (Å²) in [7, 11) is 0. The highest BCUT2D eigenvalue weighted by molar-refractivity contribution is 9.10. The van der Waals surface area contributed by atoms with E-state index in [9.17, 15) is 0 Å². The molecular weight excluding hydrogens is 254 g/mol. The van der Waals surface area contributed by atoms with Crippen LogP contribution in [0.15, 0.2) is 27.7 Å². The van der Waals surface area contributed by atoms with Crippen molar-refractivity contribution >= 4 is 21.8 Å². The number of hydrazine groups is 1. The fourth-order valence-corrected chi connectivity index (χ4v) is 2.06. The van der Waals surface area contributed by atoms with Crippen LogP contribution in [0.1, 0.15) is 24.0 Å². The molecule has 1 aromatic carbocycles. The Balaban J connectivity index is 2.33. The van der Waals surface area contributed by atoms with Gasteiger partial charge in [0.1, 0.15) is 5.84 Å². The van der Waals surface area contributed by atoms with E-state index in [1.54, 1.807) is 0 Å². The Bertz CT molecular complexity index is 397. The Morgan fingerprint density at radius 2 is 2.27 bits per heavy atom. The van der Waals surface area contributed by atoms with Crippen LogP contribution in [0.2, 0.25) is 0 Å². The minimum atomic E-state index is 0.462. The Labute approximate surface area is 97.9 Å². The first-order valence-electron chi connectivity index (χ1n) is 5.01. The van der Waals surface area contributed by atoms with Crippen LogP contribution < -0.4 is 11.3 Å². The van der Waals surface area contributed by atoms with Crippen molar-refractivity contribution in [2.45, 2.75) is 25.8 Å². The lowest BCUT2D eigenvalue weighted by Crippen LogP contribution is -2.31. The molecule has 15 heavy (non-hydrogen) atoms. The zero-order valence-corrected chi connectivity index (χ0v) is 10.2. The third-order valence-corrected chi connectivity index (χ3v) is 3.03. The fraction of sp³-hybridized carbons (Fsp3) is 0.364. The lowest BCUT2D eigenvalue weighted by molar-refractivity contribution is 0.970. The number of nitrogens with two attached hydrogens (primary N) is 1. The first-order valence-corrected chi connectivity index (χ1v) is 5.81. The molecule has 1 fully saturated rings. The smallest absolute Gasteiger partial charge is 0.143 e. The Hall–Kier alpha value is -0.870. The molecule has 0 radical (unpaired) electrons. The number of aryl methyl sites for hydroxylation is 1. The number of nitrogens with zero attached hydrogens (tertiary/aromatic N) is 1. The van der Waals surface area contributed by atoms with Gasteiger partial charge in [-0.25, -0.2) is 5.84 Å². The van der Waals surface area contributed by atoms with E-state index >= 15 is 0 Å². The predicted molar refractivity (Wildman–Crippen MR) is 65.8 cm³/mol. The molecule has 3 N–H and O–H groups in total. The first kappa shape index (κ1) is 10.6. The van der Waals surface area contributed by atoms with Crippen LogP contribution in [0.5, 0.6) is 0 Å². The first-order chi connectivity index (χ1) is 7.20. The zero-order chi connectivity index (χ0) is 10.8. The van der Waals surface area contributed by atoms with Crippen LogP contribution in [0, 0.1) is 6.92 Å². The van der Waals surface area contributed by atoms with Crippen LogP contribution in [-0.2, 0) is 0 Å². The van der Waals surface area contributed by atoms with Gasteiger partial charge in [-0.1, -0.05) is 22.0 Å². The van der Waals surface area contributed by atoms with Gasteiger partial charge in [0.25, 0.3) is 0 Å². The zero-order valence-electron chi connectivity index (χ0n) is 8.63. The molecule has 4 heteroatoms. The van der Waals surface area contributed by atoms with Gasteiger partial charge in [-0.15, -0.1) is 0 Å². The van der Waals surface area contributed by atoms with E-state index in [0.29, 0.717) is 6.04 Å². The largest absolute Gasteiger partial charge is 0.308 e. The second-order valence-corrected chi connectivity index (χ2v) is 4.69. The van der Waals surface area contributed by atoms with E-state index in [-0.39, 0.29) is 0 Å². The highest BCUT2D eigenvalue weighted by Gasteiger charge is 2.21. The summed E-state index contributed by atoms with van der Waals surface area (Å²) in [4.78, 5) is 4.52. The van der Waals surface area contributed by atoms with Crippen molar-refractivity contribution < 1.29 is 0 Å². The van der Waals surface area contributed by atoms with Crippen molar-refractivity contribution in [2.24, 2.45) is 10.8 Å². The van der Waals surface area contributed by atoms with Crippen LogP contribution in [-0.4, -0.2) is 11.9 Å². The Morgan fingerprint density at radius 3 is 2.80 bits per heavy atom. The highest BCUT2D eigenvalue weighted by atomic mass is 79.9. The lowest BCUT2D eigenvalue weighted by atomic mass is 10.1. The van der Waals surface area contributed by atoms with E-state index in [1.165, 1.54) is 18.4 Å². The molecule has 0 aliphatic heterocycles. The van der Waals surface area contributed by atoms with E-state index in [0.717, 1.165) is 15.9 Å². The summed E-state index contributed by atoms with van der Waals surface area (Å²) in [6, 6.07) is 6.61. The van der Waals surface area contributed by atoms with E-state index in [2.05, 4.69) is 45.4 Å². The van der Waals surface area contributed by atoms with Gasteiger partial charge < -0.3 is 5.43 Å². The number of benzene rings is 1. The van der Waals surface area contributed by atoms with Crippen molar-refractivity contribution in [1.82, 2.24) is 5.43 Å². The predicted octanol–water partition coefficient (Wildman–Crippen LogP) is 2.13. The van der Waals surface area contributed by atoms with Gasteiger partial charge in [0.2, 0.25) is 0 Å². The van der Waals surface area contributed by atoms with Crippen LogP contribution in [0.25, 0.3) is 0 Å². The molecule has 0 spiro atoms. The van der Waals surface area contributed by atoms with E-state index in [1.807, 2.05) is 6.07 Å². The number of aliphatic imine (C=N–C) groups is 1. The highest BCUT2D eigenvalue weighted by Crippen LogP contribution is 2.25. The van der Waals surface area contributed by atoms with Crippen molar-refractivity contribution in [3.63, 3.8) is 0 Å². The van der Waals surface area contributed by atoms with Crippen LogP contribution in [0.4, 0.5) is 0 Å². The molecule has 2 rings (SSSR count). The molecule has 80 valence electrons. The van der Waals surface area contributed by atoms with Gasteiger partial charge in [-0.2, -0.15) is 0 Å². The third-order valence-electron chi connectivity index (χ3n) is 2.37. The van der Waals surface area contributed by atoms with Crippen LogP contribution >= 0.6 is 15.9 Å². The molecule has 0 atom stereocenters. The molecule has 1 aliphatic rings. The third kappa shape index (κ3) is 2.58. The van der Waals surface area contributed by atoms with Gasteiger partial charge in [0.05, 0.1) is 6.04 Å². The molecule has 0 bridgehead atoms. The van der Waals surface area contributed by atoms with E-state index < -0.39 is 0 Å². The number of nitrogens with one attached hydrogen (secondary N) is 1. The molecule has 0 saturated heterocycles. The normalized spacial score (nSPS) is 16.6. The maximum absolute atomic E-state index is 5.49. The minimum Gasteiger partial charge on any atom is -0.308 e. The lowest BCUT2D eigenvalue weighted by Gasteiger charge is -2.08. The van der Waals surface area contributed by atoms with Crippen LogP contribution in [0.3, 0.4) is 0 Å². The summed E-state index contributed by atoms with van der Waals surface area (Å²) in [6.45, 7) is 2.06. The molecule has 0 amide bonds. The fourth-order valence-electron chi connectivity index (χ4n) is 1.38. The van der Waals surface area contributed by atoms with Gasteiger partial charge in [0.15, 0.2) is 0 Å². The maximum atomic E-state index is 5.49. The molecular formula is C11H14BrN3. The molecule has 0 heterocycles. The average molecular weight is 268 g/mol. The number of rotatable bonds is 2. The van der Waals surface area contributed by atoms with Crippen molar-refractivity contribution in [3.8, 4) is 0 Å². The second kappa shape index (κ2) is 4.33. The van der Waals surface area contributed by atoms with Crippen molar-refractivity contribution in [1.29, 1.82) is 0 Å². The molecule has 3 nitrogen and oxygen atoms in total. The number of amidine groups is 1. The molecule has 0 aromatic heterocycles. The number of halogens is 1. The van der Waals surface area contributed by atoms with Gasteiger partial charge in [-0.05, 0) is 37.5 Å². The molecule has 1 saturated carbocycles. The van der Waals surface area contributed by atoms with Gasteiger partial charge in [0, 0.05) is 10.0 Å². The molecule has 0 unspecified atom stereocenters.